The number of hydrogen-bond acceptors (Lipinski definition) is 7. The van der Waals surface area contributed by atoms with Crippen molar-refractivity contribution in [3.05, 3.63) is 76.2 Å². The highest BCUT2D eigenvalue weighted by Gasteiger charge is 2.25. The van der Waals surface area contributed by atoms with Gasteiger partial charge in [-0.05, 0) is 36.4 Å². The molecule has 1 aliphatic heterocycles. The number of benzene rings is 2. The van der Waals surface area contributed by atoms with E-state index < -0.39 is 11.9 Å². The lowest BCUT2D eigenvalue weighted by atomic mass is 10.1. The Balaban J connectivity index is 1.67. The van der Waals surface area contributed by atoms with Crippen molar-refractivity contribution in [2.75, 3.05) is 7.11 Å². The standard InChI is InChI=1S/C21H19N3O4S/c1-14-6-5-7-15(10-14)13-28-17-9-4-3-8-16(17)12-22-24-21-23-20(26)18(29-21)11-19(25)27-2/h3-12H,13H2,1-2H3,(H,23,24,26)/b18-11+,22-12?. The minimum absolute atomic E-state index is 0.202. The van der Waals surface area contributed by atoms with Gasteiger partial charge in [0.1, 0.15) is 12.4 Å². The molecule has 2 aromatic carbocycles. The summed E-state index contributed by atoms with van der Waals surface area (Å²) in [6.45, 7) is 2.48. The van der Waals surface area contributed by atoms with Gasteiger partial charge in [0.05, 0.1) is 18.2 Å². The zero-order valence-electron chi connectivity index (χ0n) is 15.9. The second-order valence-electron chi connectivity index (χ2n) is 6.05. The highest BCUT2D eigenvalue weighted by molar-refractivity contribution is 8.18. The second kappa shape index (κ2) is 9.70. The van der Waals surface area contributed by atoms with Gasteiger partial charge in [-0.2, -0.15) is 5.10 Å². The van der Waals surface area contributed by atoms with Gasteiger partial charge in [-0.15, -0.1) is 5.10 Å². The zero-order chi connectivity index (χ0) is 20.6. The van der Waals surface area contributed by atoms with Crippen LogP contribution in [0.15, 0.2) is 69.7 Å². The zero-order valence-corrected chi connectivity index (χ0v) is 16.7. The van der Waals surface area contributed by atoms with Crippen molar-refractivity contribution in [3.8, 4) is 5.75 Å². The molecule has 0 unspecified atom stereocenters. The average Bonchev–Trinajstić information content (AvgIpc) is 3.06. The lowest BCUT2D eigenvalue weighted by Crippen LogP contribution is -2.19. The molecule has 148 valence electrons. The molecule has 7 nitrogen and oxygen atoms in total. The Morgan fingerprint density at radius 3 is 2.83 bits per heavy atom. The predicted molar refractivity (Wildman–Crippen MR) is 113 cm³/mol. The Morgan fingerprint density at radius 2 is 2.03 bits per heavy atom. The molecule has 3 rings (SSSR count). The number of hydrogen-bond donors (Lipinski definition) is 1. The van der Waals surface area contributed by atoms with Crippen molar-refractivity contribution in [1.29, 1.82) is 0 Å². The van der Waals surface area contributed by atoms with E-state index in [9.17, 15) is 9.59 Å². The van der Waals surface area contributed by atoms with E-state index in [1.54, 1.807) is 6.21 Å². The molecule has 0 bridgehead atoms. The Bertz CT molecular complexity index is 1010. The molecule has 0 atom stereocenters. The van der Waals surface area contributed by atoms with Crippen molar-refractivity contribution >= 4 is 35.0 Å². The largest absolute Gasteiger partial charge is 0.488 e. The summed E-state index contributed by atoms with van der Waals surface area (Å²) < 4.78 is 10.4. The van der Waals surface area contributed by atoms with Gasteiger partial charge in [0.25, 0.3) is 5.91 Å². The quantitative estimate of drug-likeness (QED) is 0.343. The maximum atomic E-state index is 11.8. The molecule has 8 heteroatoms. The molecule has 0 aromatic heterocycles. The van der Waals surface area contributed by atoms with Crippen LogP contribution in [0, 0.1) is 6.92 Å². The minimum Gasteiger partial charge on any atom is -0.488 e. The van der Waals surface area contributed by atoms with E-state index in [-0.39, 0.29) is 10.1 Å². The molecule has 0 spiro atoms. The first-order chi connectivity index (χ1) is 14.0. The van der Waals surface area contributed by atoms with Crippen LogP contribution in [0.2, 0.25) is 0 Å². The number of aryl methyl sites for hydroxylation is 1. The van der Waals surface area contributed by atoms with E-state index in [4.69, 9.17) is 4.74 Å². The summed E-state index contributed by atoms with van der Waals surface area (Å²) in [6.07, 6.45) is 2.66. The van der Waals surface area contributed by atoms with Crippen LogP contribution in [0.4, 0.5) is 0 Å². The highest BCUT2D eigenvalue weighted by atomic mass is 32.2. The average molecular weight is 409 g/mol. The molecule has 1 heterocycles. The van der Waals surface area contributed by atoms with Gasteiger partial charge >= 0.3 is 5.97 Å². The third-order valence-electron chi connectivity index (χ3n) is 3.84. The molecular formula is C21H19N3O4S. The van der Waals surface area contributed by atoms with Crippen LogP contribution in [-0.4, -0.2) is 30.4 Å². The summed E-state index contributed by atoms with van der Waals surface area (Å²) >= 11 is 1.02. The van der Waals surface area contributed by atoms with Crippen LogP contribution in [0.1, 0.15) is 16.7 Å². The van der Waals surface area contributed by atoms with Crippen LogP contribution >= 0.6 is 11.8 Å². The summed E-state index contributed by atoms with van der Waals surface area (Å²) in [7, 11) is 1.24. The van der Waals surface area contributed by atoms with Crippen LogP contribution in [-0.2, 0) is 20.9 Å². The number of carbonyl (C=O) groups excluding carboxylic acids is 2. The van der Waals surface area contributed by atoms with E-state index in [0.29, 0.717) is 12.4 Å². The van der Waals surface area contributed by atoms with E-state index in [2.05, 4.69) is 26.3 Å². The number of nitrogens with zero attached hydrogens (tertiary/aromatic N) is 2. The molecule has 1 fully saturated rings. The van der Waals surface area contributed by atoms with E-state index in [0.717, 1.165) is 29.0 Å². The Labute approximate surface area is 172 Å². The van der Waals surface area contributed by atoms with Gasteiger partial charge in [0, 0.05) is 11.6 Å². The number of esters is 1. The second-order valence-corrected chi connectivity index (χ2v) is 7.08. The summed E-state index contributed by atoms with van der Waals surface area (Å²) in [6, 6.07) is 15.6. The molecule has 2 aromatic rings. The molecule has 29 heavy (non-hydrogen) atoms. The van der Waals surface area contributed by atoms with Crippen molar-refractivity contribution in [2.45, 2.75) is 13.5 Å². The molecule has 0 aliphatic carbocycles. The molecule has 0 radical (unpaired) electrons. The summed E-state index contributed by atoms with van der Waals surface area (Å²) in [5.74, 6) is -0.351. The van der Waals surface area contributed by atoms with Crippen molar-refractivity contribution in [1.82, 2.24) is 5.32 Å². The number of rotatable bonds is 6. The predicted octanol–water partition coefficient (Wildman–Crippen LogP) is 3.18. The lowest BCUT2D eigenvalue weighted by molar-refractivity contribution is -0.135. The van der Waals surface area contributed by atoms with Gasteiger partial charge in [-0.3, -0.25) is 10.1 Å². The summed E-state index contributed by atoms with van der Waals surface area (Å²) in [5.41, 5.74) is 3.00. The normalized spacial score (nSPS) is 16.4. The monoisotopic (exact) mass is 409 g/mol. The topological polar surface area (TPSA) is 89.3 Å². The van der Waals surface area contributed by atoms with Crippen LogP contribution in [0.25, 0.3) is 0 Å². The highest BCUT2D eigenvalue weighted by Crippen LogP contribution is 2.23. The number of ether oxygens (including phenoxy) is 2. The molecule has 1 N–H and O–H groups in total. The maximum Gasteiger partial charge on any atom is 0.331 e. The van der Waals surface area contributed by atoms with Gasteiger partial charge in [0.15, 0.2) is 5.17 Å². The number of carbonyl (C=O) groups is 2. The van der Waals surface area contributed by atoms with Crippen LogP contribution in [0.3, 0.4) is 0 Å². The van der Waals surface area contributed by atoms with E-state index in [1.165, 1.54) is 12.7 Å². The van der Waals surface area contributed by atoms with E-state index in [1.807, 2.05) is 49.4 Å². The third kappa shape index (κ3) is 5.79. The van der Waals surface area contributed by atoms with Gasteiger partial charge in [-0.25, -0.2) is 4.79 Å². The molecule has 1 amide bonds. The van der Waals surface area contributed by atoms with Crippen LogP contribution < -0.4 is 10.1 Å². The summed E-state index contributed by atoms with van der Waals surface area (Å²) in [5, 5.41) is 10.8. The number of methoxy groups -OCH3 is 1. The molecule has 1 aliphatic rings. The SMILES string of the molecule is COC(=O)/C=C1/S/C(=N\N=Cc2ccccc2OCc2cccc(C)c2)NC1=O. The smallest absolute Gasteiger partial charge is 0.331 e. The Morgan fingerprint density at radius 1 is 1.21 bits per heavy atom. The third-order valence-corrected chi connectivity index (χ3v) is 4.74. The minimum atomic E-state index is -0.605. The summed E-state index contributed by atoms with van der Waals surface area (Å²) in [4.78, 5) is 23.3. The first-order valence-electron chi connectivity index (χ1n) is 8.72. The van der Waals surface area contributed by atoms with Gasteiger partial charge < -0.3 is 9.47 Å². The fourth-order valence-electron chi connectivity index (χ4n) is 2.47. The maximum absolute atomic E-state index is 11.8. The fraction of sp³-hybridized carbons (Fsp3) is 0.143. The van der Waals surface area contributed by atoms with E-state index >= 15 is 0 Å². The number of thioether (sulfide) groups is 1. The molecule has 1 saturated heterocycles. The fourth-order valence-corrected chi connectivity index (χ4v) is 3.21. The number of amidine groups is 1. The first-order valence-corrected chi connectivity index (χ1v) is 9.54. The number of para-hydroxylation sites is 1. The molecule has 0 saturated carbocycles. The Kier molecular flexibility index (Phi) is 6.80. The number of nitrogens with one attached hydrogen (secondary N) is 1. The van der Waals surface area contributed by atoms with Crippen molar-refractivity contribution in [2.24, 2.45) is 10.2 Å². The lowest BCUT2D eigenvalue weighted by Gasteiger charge is -2.09. The number of amides is 1. The van der Waals surface area contributed by atoms with Crippen molar-refractivity contribution in [3.63, 3.8) is 0 Å². The van der Waals surface area contributed by atoms with Crippen LogP contribution in [0.5, 0.6) is 5.75 Å². The first kappa shape index (κ1) is 20.3. The van der Waals surface area contributed by atoms with Gasteiger partial charge in [0.2, 0.25) is 0 Å². The molecular weight excluding hydrogens is 390 g/mol. The van der Waals surface area contributed by atoms with Gasteiger partial charge in [-0.1, -0.05) is 42.0 Å². The van der Waals surface area contributed by atoms with Crippen molar-refractivity contribution < 1.29 is 19.1 Å². The Hall–Kier alpha value is -3.39.